The second kappa shape index (κ2) is 6.50. The van der Waals surface area contributed by atoms with Gasteiger partial charge in [0.1, 0.15) is 12.4 Å². The number of alkyl halides is 1. The van der Waals surface area contributed by atoms with Crippen LogP contribution in [0.15, 0.2) is 65.1 Å². The molecular weight excluding hydrogens is 348 g/mol. The molecule has 1 nitrogen and oxygen atoms in total. The summed E-state index contributed by atoms with van der Waals surface area (Å²) in [4.78, 5) is 0. The van der Waals surface area contributed by atoms with Gasteiger partial charge in [0.25, 0.3) is 0 Å². The van der Waals surface area contributed by atoms with E-state index in [1.165, 1.54) is 16.3 Å². The van der Waals surface area contributed by atoms with Crippen LogP contribution < -0.4 is 4.74 Å². The normalized spacial score (nSPS) is 10.8. The Kier molecular flexibility index (Phi) is 4.47. The minimum Gasteiger partial charge on any atom is -0.488 e. The number of ether oxygens (including phenoxy) is 1. The molecule has 21 heavy (non-hydrogen) atoms. The Labute approximate surface area is 137 Å². The van der Waals surface area contributed by atoms with Crippen LogP contribution in [0, 0.1) is 0 Å². The lowest BCUT2D eigenvalue weighted by Crippen LogP contribution is -1.97. The van der Waals surface area contributed by atoms with E-state index in [0.29, 0.717) is 12.5 Å². The van der Waals surface area contributed by atoms with E-state index < -0.39 is 0 Å². The van der Waals surface area contributed by atoms with Gasteiger partial charge in [-0.25, -0.2) is 0 Å². The van der Waals surface area contributed by atoms with E-state index in [0.717, 1.165) is 15.8 Å². The van der Waals surface area contributed by atoms with Crippen LogP contribution in [0.2, 0.25) is 0 Å². The Hall–Kier alpha value is -1.51. The van der Waals surface area contributed by atoms with Gasteiger partial charge >= 0.3 is 0 Å². The van der Waals surface area contributed by atoms with Gasteiger partial charge in [-0.3, -0.25) is 0 Å². The number of hydrogen-bond acceptors (Lipinski definition) is 1. The van der Waals surface area contributed by atoms with Crippen molar-refractivity contribution in [1.29, 1.82) is 0 Å². The molecule has 3 heteroatoms. The summed E-state index contributed by atoms with van der Waals surface area (Å²) in [5, 5.41) is 2.46. The first-order chi connectivity index (χ1) is 10.3. The number of benzene rings is 3. The number of rotatable bonds is 4. The summed E-state index contributed by atoms with van der Waals surface area (Å²) in [5.74, 6) is 1.33. The zero-order valence-electron chi connectivity index (χ0n) is 11.4. The SMILES string of the molecule is ClCc1ccc(OCc2cccc3ccccc23)c(Br)c1. The molecule has 0 aliphatic heterocycles. The standard InChI is InChI=1S/C18H14BrClO/c19-17-10-13(11-20)8-9-18(17)21-12-15-6-3-5-14-4-1-2-7-16(14)15/h1-10H,11-12H2. The van der Waals surface area contributed by atoms with Crippen molar-refractivity contribution in [3.63, 3.8) is 0 Å². The van der Waals surface area contributed by atoms with E-state index in [9.17, 15) is 0 Å². The zero-order valence-corrected chi connectivity index (χ0v) is 13.7. The molecule has 0 bridgehead atoms. The highest BCUT2D eigenvalue weighted by Gasteiger charge is 2.05. The molecule has 3 aromatic rings. The number of hydrogen-bond donors (Lipinski definition) is 0. The van der Waals surface area contributed by atoms with Gasteiger partial charge in [0.05, 0.1) is 4.47 Å². The van der Waals surface area contributed by atoms with Crippen molar-refractivity contribution in [3.05, 3.63) is 76.3 Å². The second-order valence-corrected chi connectivity index (χ2v) is 5.95. The van der Waals surface area contributed by atoms with Gasteiger partial charge in [-0.1, -0.05) is 48.5 Å². The average Bonchev–Trinajstić information content (AvgIpc) is 2.53. The topological polar surface area (TPSA) is 9.23 Å². The second-order valence-electron chi connectivity index (χ2n) is 4.83. The predicted octanol–water partition coefficient (Wildman–Crippen LogP) is 5.92. The Bertz CT molecular complexity index is 765. The summed E-state index contributed by atoms with van der Waals surface area (Å²) < 4.78 is 6.87. The molecule has 3 rings (SSSR count). The van der Waals surface area contributed by atoms with Crippen molar-refractivity contribution < 1.29 is 4.74 Å². The largest absolute Gasteiger partial charge is 0.488 e. The molecule has 0 spiro atoms. The van der Waals surface area contributed by atoms with Crippen LogP contribution in [-0.2, 0) is 12.5 Å². The van der Waals surface area contributed by atoms with E-state index in [-0.39, 0.29) is 0 Å². The molecule has 0 aromatic heterocycles. The van der Waals surface area contributed by atoms with Crippen LogP contribution >= 0.6 is 27.5 Å². The fraction of sp³-hybridized carbons (Fsp3) is 0.111. The van der Waals surface area contributed by atoms with Gasteiger partial charge < -0.3 is 4.74 Å². The van der Waals surface area contributed by atoms with Crippen LogP contribution in [0.5, 0.6) is 5.75 Å². The van der Waals surface area contributed by atoms with Crippen molar-refractivity contribution in [2.75, 3.05) is 0 Å². The third-order valence-electron chi connectivity index (χ3n) is 3.41. The Morgan fingerprint density at radius 2 is 1.76 bits per heavy atom. The lowest BCUT2D eigenvalue weighted by molar-refractivity contribution is 0.305. The molecule has 3 aromatic carbocycles. The number of fused-ring (bicyclic) bond motifs is 1. The molecule has 0 aliphatic carbocycles. The van der Waals surface area contributed by atoms with E-state index in [1.807, 2.05) is 18.2 Å². The van der Waals surface area contributed by atoms with Gasteiger partial charge in [-0.05, 0) is 50.0 Å². The highest BCUT2D eigenvalue weighted by Crippen LogP contribution is 2.28. The lowest BCUT2D eigenvalue weighted by atomic mass is 10.1. The quantitative estimate of drug-likeness (QED) is 0.524. The lowest BCUT2D eigenvalue weighted by Gasteiger charge is -2.11. The first kappa shape index (κ1) is 14.4. The molecule has 0 radical (unpaired) electrons. The van der Waals surface area contributed by atoms with Crippen LogP contribution in [0.3, 0.4) is 0 Å². The van der Waals surface area contributed by atoms with E-state index in [4.69, 9.17) is 16.3 Å². The maximum atomic E-state index is 5.94. The Balaban J connectivity index is 1.84. The Morgan fingerprint density at radius 1 is 0.952 bits per heavy atom. The van der Waals surface area contributed by atoms with Crippen molar-refractivity contribution >= 4 is 38.3 Å². The molecule has 0 atom stereocenters. The van der Waals surface area contributed by atoms with Crippen molar-refractivity contribution in [3.8, 4) is 5.75 Å². The molecular formula is C18H14BrClO. The van der Waals surface area contributed by atoms with E-state index >= 15 is 0 Å². The van der Waals surface area contributed by atoms with Gasteiger partial charge in [0.15, 0.2) is 0 Å². The van der Waals surface area contributed by atoms with Crippen molar-refractivity contribution in [1.82, 2.24) is 0 Å². The third-order valence-corrected chi connectivity index (χ3v) is 4.34. The summed E-state index contributed by atoms with van der Waals surface area (Å²) in [7, 11) is 0. The average molecular weight is 362 g/mol. The maximum Gasteiger partial charge on any atom is 0.134 e. The molecule has 0 fully saturated rings. The highest BCUT2D eigenvalue weighted by molar-refractivity contribution is 9.10. The predicted molar refractivity (Wildman–Crippen MR) is 92.0 cm³/mol. The van der Waals surface area contributed by atoms with Crippen molar-refractivity contribution in [2.24, 2.45) is 0 Å². The van der Waals surface area contributed by atoms with Crippen LogP contribution in [0.25, 0.3) is 10.8 Å². The van der Waals surface area contributed by atoms with Gasteiger partial charge in [0, 0.05) is 5.88 Å². The van der Waals surface area contributed by atoms with Gasteiger partial charge in [-0.2, -0.15) is 0 Å². The van der Waals surface area contributed by atoms with Crippen LogP contribution in [0.1, 0.15) is 11.1 Å². The maximum absolute atomic E-state index is 5.94. The molecule has 0 saturated carbocycles. The smallest absolute Gasteiger partial charge is 0.134 e. The summed E-state index contributed by atoms with van der Waals surface area (Å²) in [6.07, 6.45) is 0. The van der Waals surface area contributed by atoms with Gasteiger partial charge in [0.2, 0.25) is 0 Å². The monoisotopic (exact) mass is 360 g/mol. The van der Waals surface area contributed by atoms with Crippen molar-refractivity contribution in [2.45, 2.75) is 12.5 Å². The zero-order chi connectivity index (χ0) is 14.7. The summed E-state index contributed by atoms with van der Waals surface area (Å²) in [5.41, 5.74) is 2.25. The molecule has 0 N–H and O–H groups in total. The van der Waals surface area contributed by atoms with E-state index in [1.54, 1.807) is 0 Å². The van der Waals surface area contributed by atoms with E-state index in [2.05, 4.69) is 58.4 Å². The van der Waals surface area contributed by atoms with Crippen LogP contribution in [-0.4, -0.2) is 0 Å². The highest BCUT2D eigenvalue weighted by atomic mass is 79.9. The van der Waals surface area contributed by atoms with Gasteiger partial charge in [-0.15, -0.1) is 11.6 Å². The first-order valence-corrected chi connectivity index (χ1v) is 8.04. The summed E-state index contributed by atoms with van der Waals surface area (Å²) in [6, 6.07) is 20.5. The molecule has 0 amide bonds. The molecule has 0 unspecified atom stereocenters. The molecule has 0 saturated heterocycles. The minimum atomic E-state index is 0.502. The summed E-state index contributed by atoms with van der Waals surface area (Å²) in [6.45, 7) is 0.542. The number of halogens is 2. The third kappa shape index (κ3) is 3.22. The fourth-order valence-electron chi connectivity index (χ4n) is 2.32. The summed E-state index contributed by atoms with van der Waals surface area (Å²) >= 11 is 9.36. The van der Waals surface area contributed by atoms with Crippen LogP contribution in [0.4, 0.5) is 0 Å². The minimum absolute atomic E-state index is 0.502. The molecule has 0 aliphatic rings. The fourth-order valence-corrected chi connectivity index (χ4v) is 3.03. The molecule has 0 heterocycles. The molecule has 106 valence electrons. The first-order valence-electron chi connectivity index (χ1n) is 6.72. The Morgan fingerprint density at radius 3 is 2.57 bits per heavy atom.